The lowest BCUT2D eigenvalue weighted by molar-refractivity contribution is -0.130. The second-order valence-electron chi connectivity index (χ2n) is 9.99. The van der Waals surface area contributed by atoms with E-state index in [0.717, 1.165) is 63.6 Å². The van der Waals surface area contributed by atoms with E-state index in [2.05, 4.69) is 11.1 Å². The van der Waals surface area contributed by atoms with Crippen molar-refractivity contribution in [1.82, 2.24) is 14.5 Å². The minimum atomic E-state index is -0.546. The van der Waals surface area contributed by atoms with Crippen LogP contribution in [-0.4, -0.2) is 46.5 Å². The summed E-state index contributed by atoms with van der Waals surface area (Å²) in [5.74, 6) is 0.111. The summed E-state index contributed by atoms with van der Waals surface area (Å²) in [6.45, 7) is 2.31. The summed E-state index contributed by atoms with van der Waals surface area (Å²) in [7, 11) is 0. The molecule has 194 valence electrons. The van der Waals surface area contributed by atoms with E-state index in [4.69, 9.17) is 5.73 Å². The van der Waals surface area contributed by atoms with Crippen molar-refractivity contribution in [3.05, 3.63) is 68.4 Å². The van der Waals surface area contributed by atoms with Gasteiger partial charge in [-0.1, -0.05) is 61.2 Å². The number of likely N-dealkylation sites (tertiary alicyclic amines) is 1. The van der Waals surface area contributed by atoms with Crippen LogP contribution in [0, 0.1) is 0 Å². The molecular weight excluding hydrogens is 454 g/mol. The van der Waals surface area contributed by atoms with Gasteiger partial charge in [-0.25, -0.2) is 4.79 Å². The first-order valence-corrected chi connectivity index (χ1v) is 13.4. The molecule has 0 unspecified atom stereocenters. The third kappa shape index (κ3) is 6.68. The molecule has 2 aromatic rings. The van der Waals surface area contributed by atoms with Gasteiger partial charge in [0.2, 0.25) is 5.91 Å². The van der Waals surface area contributed by atoms with E-state index in [0.29, 0.717) is 6.54 Å². The molecule has 1 aromatic carbocycles. The van der Waals surface area contributed by atoms with E-state index in [-0.39, 0.29) is 30.5 Å². The fraction of sp³-hybridized carbons (Fsp3) is 0.536. The lowest BCUT2D eigenvalue weighted by Crippen LogP contribution is -2.45. The number of hydrogen-bond acceptors (Lipinski definition) is 5. The van der Waals surface area contributed by atoms with Crippen molar-refractivity contribution >= 4 is 17.4 Å². The molecule has 1 aliphatic heterocycles. The molecular formula is C28H39N5O3. The third-order valence-electron chi connectivity index (χ3n) is 7.34. The van der Waals surface area contributed by atoms with Gasteiger partial charge in [-0.05, 0) is 50.5 Å². The summed E-state index contributed by atoms with van der Waals surface area (Å²) in [6.07, 6.45) is 13.1. The highest BCUT2D eigenvalue weighted by Gasteiger charge is 2.24. The Morgan fingerprint density at radius 3 is 2.39 bits per heavy atom. The zero-order chi connectivity index (χ0) is 25.3. The number of rotatable bonds is 8. The van der Waals surface area contributed by atoms with Crippen molar-refractivity contribution in [3.8, 4) is 0 Å². The van der Waals surface area contributed by atoms with Gasteiger partial charge >= 0.3 is 5.69 Å². The van der Waals surface area contributed by atoms with Crippen LogP contribution in [0.3, 0.4) is 0 Å². The van der Waals surface area contributed by atoms with Gasteiger partial charge in [0.1, 0.15) is 11.5 Å². The van der Waals surface area contributed by atoms with Crippen LogP contribution in [0.15, 0.2) is 51.6 Å². The molecule has 3 N–H and O–H groups in total. The average molecular weight is 494 g/mol. The van der Waals surface area contributed by atoms with E-state index in [1.807, 2.05) is 35.2 Å². The molecule has 2 heterocycles. The van der Waals surface area contributed by atoms with Crippen molar-refractivity contribution in [3.63, 3.8) is 0 Å². The van der Waals surface area contributed by atoms with E-state index in [9.17, 15) is 14.4 Å². The highest BCUT2D eigenvalue weighted by molar-refractivity contribution is 5.82. The Hall–Kier alpha value is -3.29. The Balaban J connectivity index is 1.63. The van der Waals surface area contributed by atoms with Crippen LogP contribution in [0.25, 0.3) is 0 Å². The second kappa shape index (κ2) is 12.6. The van der Waals surface area contributed by atoms with Gasteiger partial charge in [-0.15, -0.1) is 0 Å². The van der Waals surface area contributed by atoms with Crippen molar-refractivity contribution in [2.45, 2.75) is 70.8 Å². The highest BCUT2D eigenvalue weighted by atomic mass is 16.2. The molecule has 36 heavy (non-hydrogen) atoms. The Labute approximate surface area is 212 Å². The first-order chi connectivity index (χ1) is 17.5. The van der Waals surface area contributed by atoms with Crippen LogP contribution in [0.5, 0.6) is 0 Å². The minimum absolute atomic E-state index is 0.00846. The number of allylic oxidation sites excluding steroid dienone is 1. The first kappa shape index (κ1) is 25.8. The standard InChI is InChI=1S/C28H39N5O3/c29-26-25(27(35)30-28(36)33(26)20-23-14-8-5-9-15-23)32(19-16-22-12-6-4-7-13-22)21-24(34)31-17-10-2-1-3-11-18-31/h5,8-9,12,14-15H,1-4,6-7,10-11,13,16-21,29H2,(H,30,35,36). The number of hydrogen-bond donors (Lipinski definition) is 2. The van der Waals surface area contributed by atoms with Gasteiger partial charge < -0.3 is 15.5 Å². The third-order valence-corrected chi connectivity index (χ3v) is 7.34. The van der Waals surface area contributed by atoms with Crippen molar-refractivity contribution in [2.75, 3.05) is 36.8 Å². The van der Waals surface area contributed by atoms with Crippen LogP contribution in [0.4, 0.5) is 11.5 Å². The number of nitrogen functional groups attached to an aromatic ring is 1. The van der Waals surface area contributed by atoms with Crippen molar-refractivity contribution in [1.29, 1.82) is 0 Å². The molecule has 1 amide bonds. The minimum Gasteiger partial charge on any atom is -0.383 e. The van der Waals surface area contributed by atoms with Gasteiger partial charge in [0.15, 0.2) is 0 Å². The number of aromatic nitrogens is 2. The molecule has 1 aliphatic carbocycles. The Morgan fingerprint density at radius 2 is 1.69 bits per heavy atom. The van der Waals surface area contributed by atoms with Gasteiger partial charge in [0, 0.05) is 19.6 Å². The maximum atomic E-state index is 13.4. The summed E-state index contributed by atoms with van der Waals surface area (Å²) < 4.78 is 1.39. The molecule has 0 bridgehead atoms. The number of nitrogens with two attached hydrogens (primary N) is 1. The average Bonchev–Trinajstić information content (AvgIpc) is 2.86. The summed E-state index contributed by atoms with van der Waals surface area (Å²) in [4.78, 5) is 45.4. The van der Waals surface area contributed by atoms with Crippen LogP contribution >= 0.6 is 0 Å². The van der Waals surface area contributed by atoms with Gasteiger partial charge in [-0.3, -0.25) is 19.1 Å². The number of carbonyl (C=O) groups excluding carboxylic acids is 1. The van der Waals surface area contributed by atoms with Gasteiger partial charge in [-0.2, -0.15) is 0 Å². The van der Waals surface area contributed by atoms with Gasteiger partial charge in [0.25, 0.3) is 5.56 Å². The molecule has 1 saturated heterocycles. The normalized spacial score (nSPS) is 16.7. The Morgan fingerprint density at radius 1 is 0.972 bits per heavy atom. The van der Waals surface area contributed by atoms with Crippen LogP contribution in [0.2, 0.25) is 0 Å². The number of nitrogens with one attached hydrogen (secondary N) is 1. The Kier molecular flexibility index (Phi) is 9.03. The largest absolute Gasteiger partial charge is 0.383 e. The number of nitrogens with zero attached hydrogens (tertiary/aromatic N) is 3. The lowest BCUT2D eigenvalue weighted by Gasteiger charge is -2.31. The maximum absolute atomic E-state index is 13.4. The fourth-order valence-electron chi connectivity index (χ4n) is 5.25. The molecule has 0 saturated carbocycles. The maximum Gasteiger partial charge on any atom is 0.330 e. The quantitative estimate of drug-likeness (QED) is 0.546. The predicted molar refractivity (Wildman–Crippen MR) is 144 cm³/mol. The number of anilines is 2. The van der Waals surface area contributed by atoms with Crippen LogP contribution in [-0.2, 0) is 11.3 Å². The molecule has 2 aliphatic rings. The van der Waals surface area contributed by atoms with Crippen molar-refractivity contribution in [2.24, 2.45) is 0 Å². The van der Waals surface area contributed by atoms with Crippen molar-refractivity contribution < 1.29 is 4.79 Å². The summed E-state index contributed by atoms with van der Waals surface area (Å²) in [5.41, 5.74) is 7.89. The number of carbonyl (C=O) groups is 1. The smallest absolute Gasteiger partial charge is 0.330 e. The molecule has 1 aromatic heterocycles. The topological polar surface area (TPSA) is 104 Å². The predicted octanol–water partition coefficient (Wildman–Crippen LogP) is 3.66. The summed E-state index contributed by atoms with van der Waals surface area (Å²) in [6, 6.07) is 9.53. The summed E-state index contributed by atoms with van der Waals surface area (Å²) in [5, 5.41) is 0. The SMILES string of the molecule is Nc1c(N(CCC2=CCCCC2)CC(=O)N2CCCCCCC2)c(=O)[nH]c(=O)n1Cc1ccccc1. The van der Waals surface area contributed by atoms with E-state index < -0.39 is 11.2 Å². The highest BCUT2D eigenvalue weighted by Crippen LogP contribution is 2.24. The van der Waals surface area contributed by atoms with Crippen LogP contribution < -0.4 is 21.9 Å². The van der Waals surface area contributed by atoms with Gasteiger partial charge in [0.05, 0.1) is 13.1 Å². The van der Waals surface area contributed by atoms with E-state index in [1.165, 1.54) is 29.4 Å². The molecule has 0 spiro atoms. The number of benzene rings is 1. The van der Waals surface area contributed by atoms with E-state index >= 15 is 0 Å². The van der Waals surface area contributed by atoms with E-state index in [1.54, 1.807) is 4.90 Å². The molecule has 0 radical (unpaired) electrons. The molecule has 1 fully saturated rings. The lowest BCUT2D eigenvalue weighted by atomic mass is 9.97. The molecule has 0 atom stereocenters. The zero-order valence-electron chi connectivity index (χ0n) is 21.2. The number of amides is 1. The number of H-pyrrole nitrogens is 1. The zero-order valence-corrected chi connectivity index (χ0v) is 21.2. The summed E-state index contributed by atoms with van der Waals surface area (Å²) >= 11 is 0. The number of aromatic amines is 1. The second-order valence-corrected chi connectivity index (χ2v) is 9.99. The Bertz CT molecular complexity index is 1160. The van der Waals surface area contributed by atoms with Crippen LogP contribution in [0.1, 0.15) is 69.8 Å². The fourth-order valence-corrected chi connectivity index (χ4v) is 5.25. The monoisotopic (exact) mass is 493 g/mol. The first-order valence-electron chi connectivity index (χ1n) is 13.4. The molecule has 4 rings (SSSR count). The molecule has 8 nitrogen and oxygen atoms in total. The molecule has 8 heteroatoms.